The molecule has 0 aromatic carbocycles. The highest BCUT2D eigenvalue weighted by atomic mass is 16.5. The van der Waals surface area contributed by atoms with E-state index in [0.717, 1.165) is 65.1 Å². The van der Waals surface area contributed by atoms with Gasteiger partial charge in [0.1, 0.15) is 5.82 Å². The molecule has 3 rings (SSSR count). The second-order valence-corrected chi connectivity index (χ2v) is 6.09. The molecule has 1 N–H and O–H groups in total. The summed E-state index contributed by atoms with van der Waals surface area (Å²) in [6, 6.07) is 0. The van der Waals surface area contributed by atoms with Gasteiger partial charge in [0.25, 0.3) is 0 Å². The fourth-order valence-electron chi connectivity index (χ4n) is 3.44. The van der Waals surface area contributed by atoms with Crippen molar-refractivity contribution in [2.75, 3.05) is 32.8 Å². The first-order chi connectivity index (χ1) is 10.3. The maximum Gasteiger partial charge on any atom is 0.109 e. The molecule has 5 nitrogen and oxygen atoms in total. The number of hydrogen-bond acceptors (Lipinski definition) is 4. The van der Waals surface area contributed by atoms with Crippen molar-refractivity contribution in [1.82, 2.24) is 19.8 Å². The number of rotatable bonds is 5. The van der Waals surface area contributed by atoms with E-state index in [1.807, 2.05) is 0 Å². The van der Waals surface area contributed by atoms with Gasteiger partial charge in [0.05, 0.1) is 24.9 Å². The van der Waals surface area contributed by atoms with Crippen molar-refractivity contribution in [2.45, 2.75) is 52.3 Å². The Morgan fingerprint density at radius 1 is 1.38 bits per heavy atom. The Kier molecular flexibility index (Phi) is 4.93. The first-order valence-corrected chi connectivity index (χ1v) is 8.43. The van der Waals surface area contributed by atoms with E-state index < -0.39 is 0 Å². The van der Waals surface area contributed by atoms with Crippen LogP contribution >= 0.6 is 0 Å². The van der Waals surface area contributed by atoms with Crippen LogP contribution in [0.5, 0.6) is 0 Å². The highest BCUT2D eigenvalue weighted by Gasteiger charge is 2.24. The molecule has 0 bridgehead atoms. The van der Waals surface area contributed by atoms with Gasteiger partial charge in [-0.15, -0.1) is 0 Å². The second-order valence-electron chi connectivity index (χ2n) is 6.09. The molecule has 0 spiro atoms. The lowest BCUT2D eigenvalue weighted by atomic mass is 10.1. The number of likely N-dealkylation sites (N-methyl/N-ethyl adjacent to an activating group) is 1. The smallest absolute Gasteiger partial charge is 0.109 e. The van der Waals surface area contributed by atoms with Gasteiger partial charge < -0.3 is 14.6 Å². The molecule has 5 heteroatoms. The van der Waals surface area contributed by atoms with Crippen LogP contribution in [0, 0.1) is 0 Å². The molecule has 0 saturated carbocycles. The number of fused-ring (bicyclic) bond motifs is 1. The molecule has 1 unspecified atom stereocenters. The minimum absolute atomic E-state index is 0.308. The van der Waals surface area contributed by atoms with Gasteiger partial charge in [-0.2, -0.15) is 0 Å². The van der Waals surface area contributed by atoms with Gasteiger partial charge in [0.2, 0.25) is 0 Å². The Bertz CT molecular complexity index is 471. The van der Waals surface area contributed by atoms with E-state index in [4.69, 9.17) is 9.72 Å². The molecule has 2 aliphatic heterocycles. The molecule has 21 heavy (non-hydrogen) atoms. The Morgan fingerprint density at radius 3 is 3.10 bits per heavy atom. The number of aryl methyl sites for hydroxylation is 1. The van der Waals surface area contributed by atoms with Gasteiger partial charge in [0, 0.05) is 44.7 Å². The normalized spacial score (nSPS) is 23.2. The summed E-state index contributed by atoms with van der Waals surface area (Å²) in [6.07, 6.45) is 3.62. The molecule has 1 saturated heterocycles. The summed E-state index contributed by atoms with van der Waals surface area (Å²) in [4.78, 5) is 7.36. The van der Waals surface area contributed by atoms with Crippen LogP contribution in [0.25, 0.3) is 0 Å². The Morgan fingerprint density at radius 2 is 2.29 bits per heavy atom. The van der Waals surface area contributed by atoms with Crippen molar-refractivity contribution in [3.8, 4) is 0 Å². The van der Waals surface area contributed by atoms with Gasteiger partial charge in [-0.3, -0.25) is 4.90 Å². The van der Waals surface area contributed by atoms with Crippen molar-refractivity contribution < 1.29 is 4.74 Å². The van der Waals surface area contributed by atoms with E-state index in [-0.39, 0.29) is 0 Å². The largest absolute Gasteiger partial charge is 0.374 e. The number of imidazole rings is 1. The molecule has 1 fully saturated rings. The topological polar surface area (TPSA) is 42.3 Å². The van der Waals surface area contributed by atoms with Gasteiger partial charge in [-0.1, -0.05) is 13.8 Å². The van der Waals surface area contributed by atoms with Crippen LogP contribution < -0.4 is 5.32 Å². The van der Waals surface area contributed by atoms with E-state index in [1.54, 1.807) is 0 Å². The van der Waals surface area contributed by atoms with Crippen molar-refractivity contribution in [1.29, 1.82) is 0 Å². The average molecular weight is 292 g/mol. The fourth-order valence-corrected chi connectivity index (χ4v) is 3.44. The Balaban J connectivity index is 1.78. The van der Waals surface area contributed by atoms with Crippen molar-refractivity contribution in [3.63, 3.8) is 0 Å². The summed E-state index contributed by atoms with van der Waals surface area (Å²) >= 11 is 0. The van der Waals surface area contributed by atoms with Crippen LogP contribution in [0.1, 0.15) is 37.5 Å². The fraction of sp³-hybridized carbons (Fsp3) is 0.812. The van der Waals surface area contributed by atoms with E-state index in [0.29, 0.717) is 6.10 Å². The molecule has 1 atom stereocenters. The summed E-state index contributed by atoms with van der Waals surface area (Å²) in [5, 5.41) is 3.43. The molecule has 0 aliphatic carbocycles. The van der Waals surface area contributed by atoms with Crippen LogP contribution in [0.4, 0.5) is 0 Å². The number of hydrogen-bond donors (Lipinski definition) is 1. The lowest BCUT2D eigenvalue weighted by molar-refractivity contribution is -0.0349. The minimum atomic E-state index is 0.308. The van der Waals surface area contributed by atoms with E-state index in [9.17, 15) is 0 Å². The zero-order valence-electron chi connectivity index (χ0n) is 13.4. The lowest BCUT2D eigenvalue weighted by Crippen LogP contribution is -2.44. The zero-order valence-corrected chi connectivity index (χ0v) is 13.4. The predicted molar refractivity (Wildman–Crippen MR) is 83.5 cm³/mol. The molecule has 1 aromatic rings. The standard InChI is InChI=1S/C16H28N4O/c1-3-5-16-18-14-10-17-7-6-15(14)20(16)12-13-11-19(4-2)8-9-21-13/h13,17H,3-12H2,1-2H3. The lowest BCUT2D eigenvalue weighted by Gasteiger charge is -2.33. The van der Waals surface area contributed by atoms with Crippen LogP contribution in [0.3, 0.4) is 0 Å². The second kappa shape index (κ2) is 6.90. The van der Waals surface area contributed by atoms with Crippen LogP contribution in [-0.4, -0.2) is 53.3 Å². The number of ether oxygens (including phenoxy) is 1. The van der Waals surface area contributed by atoms with Gasteiger partial charge >= 0.3 is 0 Å². The third-order valence-electron chi connectivity index (χ3n) is 4.60. The van der Waals surface area contributed by atoms with E-state index in [1.165, 1.54) is 17.2 Å². The molecule has 1 aromatic heterocycles. The number of nitrogens with one attached hydrogen (secondary N) is 1. The number of nitrogens with zero attached hydrogens (tertiary/aromatic N) is 3. The number of aromatic nitrogens is 2. The summed E-state index contributed by atoms with van der Waals surface area (Å²) in [5.74, 6) is 1.25. The zero-order chi connectivity index (χ0) is 14.7. The highest BCUT2D eigenvalue weighted by molar-refractivity contribution is 5.20. The first-order valence-electron chi connectivity index (χ1n) is 8.43. The predicted octanol–water partition coefficient (Wildman–Crippen LogP) is 1.20. The molecule has 0 radical (unpaired) electrons. The number of morpholine rings is 1. The molecule has 118 valence electrons. The van der Waals surface area contributed by atoms with Gasteiger partial charge in [-0.25, -0.2) is 4.98 Å². The van der Waals surface area contributed by atoms with Gasteiger partial charge in [0.15, 0.2) is 0 Å². The van der Waals surface area contributed by atoms with E-state index >= 15 is 0 Å². The molecule has 0 amide bonds. The summed E-state index contributed by atoms with van der Waals surface area (Å²) < 4.78 is 8.46. The molecular weight excluding hydrogens is 264 g/mol. The maximum atomic E-state index is 6.00. The quantitative estimate of drug-likeness (QED) is 0.885. The monoisotopic (exact) mass is 292 g/mol. The van der Waals surface area contributed by atoms with Crippen molar-refractivity contribution >= 4 is 0 Å². The molecule has 3 heterocycles. The molecule has 2 aliphatic rings. The van der Waals surface area contributed by atoms with Crippen LogP contribution in [0.15, 0.2) is 0 Å². The summed E-state index contributed by atoms with van der Waals surface area (Å²) in [6.45, 7) is 11.5. The average Bonchev–Trinajstić information content (AvgIpc) is 2.86. The summed E-state index contributed by atoms with van der Waals surface area (Å²) in [5.41, 5.74) is 2.70. The van der Waals surface area contributed by atoms with E-state index in [2.05, 4.69) is 28.6 Å². The Hall–Kier alpha value is -0.910. The third kappa shape index (κ3) is 3.30. The summed E-state index contributed by atoms with van der Waals surface area (Å²) in [7, 11) is 0. The van der Waals surface area contributed by atoms with Crippen molar-refractivity contribution in [3.05, 3.63) is 17.2 Å². The van der Waals surface area contributed by atoms with Crippen LogP contribution in [-0.2, 0) is 30.7 Å². The third-order valence-corrected chi connectivity index (χ3v) is 4.60. The minimum Gasteiger partial charge on any atom is -0.374 e. The van der Waals surface area contributed by atoms with Crippen molar-refractivity contribution in [2.24, 2.45) is 0 Å². The van der Waals surface area contributed by atoms with Gasteiger partial charge in [-0.05, 0) is 13.0 Å². The highest BCUT2D eigenvalue weighted by Crippen LogP contribution is 2.19. The van der Waals surface area contributed by atoms with Crippen LogP contribution in [0.2, 0.25) is 0 Å². The maximum absolute atomic E-state index is 6.00. The Labute approximate surface area is 127 Å². The molecular formula is C16H28N4O. The first kappa shape index (κ1) is 15.0. The SMILES string of the molecule is CCCc1nc2c(n1CC1CN(CC)CCO1)CCNC2.